The van der Waals surface area contributed by atoms with Crippen molar-refractivity contribution in [1.29, 1.82) is 0 Å². The van der Waals surface area contributed by atoms with Gasteiger partial charge in [0.1, 0.15) is 5.69 Å². The first-order valence-electron chi connectivity index (χ1n) is 4.98. The fourth-order valence-electron chi connectivity index (χ4n) is 1.49. The van der Waals surface area contributed by atoms with Crippen molar-refractivity contribution >= 4 is 5.91 Å². The Morgan fingerprint density at radius 3 is 3.20 bits per heavy atom. The first-order chi connectivity index (χ1) is 7.36. The molecular formula is C10H13N3O2. The minimum Gasteiger partial charge on any atom is -0.381 e. The summed E-state index contributed by atoms with van der Waals surface area (Å²) in [6.07, 6.45) is 5.52. The van der Waals surface area contributed by atoms with Crippen LogP contribution >= 0.6 is 0 Å². The van der Waals surface area contributed by atoms with E-state index in [4.69, 9.17) is 4.74 Å². The highest BCUT2D eigenvalue weighted by atomic mass is 16.5. The van der Waals surface area contributed by atoms with E-state index in [2.05, 4.69) is 15.3 Å². The molecule has 2 heterocycles. The molecule has 15 heavy (non-hydrogen) atoms. The van der Waals surface area contributed by atoms with Crippen LogP contribution in [0.25, 0.3) is 0 Å². The molecule has 1 fully saturated rings. The number of carbonyl (C=O) groups excluding carboxylic acids is 1. The van der Waals surface area contributed by atoms with Gasteiger partial charge in [-0.3, -0.25) is 9.78 Å². The van der Waals surface area contributed by atoms with Gasteiger partial charge in [0, 0.05) is 31.5 Å². The third kappa shape index (κ3) is 2.73. The zero-order valence-electron chi connectivity index (χ0n) is 8.35. The number of rotatable bonds is 3. The van der Waals surface area contributed by atoms with E-state index in [1.165, 1.54) is 12.4 Å². The van der Waals surface area contributed by atoms with E-state index in [9.17, 15) is 4.79 Å². The van der Waals surface area contributed by atoms with Crippen molar-refractivity contribution in [2.24, 2.45) is 5.92 Å². The fraction of sp³-hybridized carbons (Fsp3) is 0.500. The topological polar surface area (TPSA) is 64.1 Å². The van der Waals surface area contributed by atoms with Crippen molar-refractivity contribution < 1.29 is 9.53 Å². The highest BCUT2D eigenvalue weighted by Gasteiger charge is 2.16. The van der Waals surface area contributed by atoms with Gasteiger partial charge in [0.05, 0.1) is 12.8 Å². The molecule has 0 aliphatic carbocycles. The molecule has 1 aromatic heterocycles. The molecule has 1 N–H and O–H groups in total. The minimum atomic E-state index is -0.171. The molecule has 5 heteroatoms. The van der Waals surface area contributed by atoms with Crippen LogP contribution in [-0.2, 0) is 4.74 Å². The lowest BCUT2D eigenvalue weighted by Crippen LogP contribution is -2.30. The van der Waals surface area contributed by atoms with Crippen LogP contribution in [0.5, 0.6) is 0 Å². The lowest BCUT2D eigenvalue weighted by atomic mass is 10.1. The molecule has 1 amide bonds. The molecule has 1 aliphatic rings. The maximum Gasteiger partial charge on any atom is 0.271 e. The Hall–Kier alpha value is -1.49. The van der Waals surface area contributed by atoms with Gasteiger partial charge in [-0.2, -0.15) is 0 Å². The predicted octanol–water partition coefficient (Wildman–Crippen LogP) is 0.243. The quantitative estimate of drug-likeness (QED) is 0.771. The zero-order valence-corrected chi connectivity index (χ0v) is 8.35. The molecule has 1 aliphatic heterocycles. The summed E-state index contributed by atoms with van der Waals surface area (Å²) < 4.78 is 5.22. The number of aromatic nitrogens is 2. The van der Waals surface area contributed by atoms with Gasteiger partial charge in [-0.15, -0.1) is 0 Å². The summed E-state index contributed by atoms with van der Waals surface area (Å²) in [5.41, 5.74) is 0.358. The van der Waals surface area contributed by atoms with Crippen LogP contribution in [0.1, 0.15) is 16.9 Å². The van der Waals surface area contributed by atoms with E-state index < -0.39 is 0 Å². The third-order valence-electron chi connectivity index (χ3n) is 2.37. The Balaban J connectivity index is 1.82. The first-order valence-corrected chi connectivity index (χ1v) is 4.98. The van der Waals surface area contributed by atoms with Crippen molar-refractivity contribution in [2.75, 3.05) is 19.8 Å². The highest BCUT2D eigenvalue weighted by Crippen LogP contribution is 2.10. The average molecular weight is 207 g/mol. The van der Waals surface area contributed by atoms with E-state index in [1.54, 1.807) is 6.20 Å². The molecule has 0 aromatic carbocycles. The molecule has 0 spiro atoms. The molecule has 0 bridgehead atoms. The molecule has 80 valence electrons. The number of nitrogens with one attached hydrogen (secondary N) is 1. The number of hydrogen-bond donors (Lipinski definition) is 1. The second kappa shape index (κ2) is 4.84. The summed E-state index contributed by atoms with van der Waals surface area (Å²) in [5.74, 6) is 0.264. The predicted molar refractivity (Wildman–Crippen MR) is 53.3 cm³/mol. The van der Waals surface area contributed by atoms with E-state index in [0.717, 1.165) is 19.6 Å². The van der Waals surface area contributed by atoms with E-state index in [-0.39, 0.29) is 5.91 Å². The number of hydrogen-bond acceptors (Lipinski definition) is 4. The van der Waals surface area contributed by atoms with Crippen molar-refractivity contribution in [3.05, 3.63) is 24.3 Å². The molecule has 2 rings (SSSR count). The first kappa shape index (κ1) is 10.0. The Morgan fingerprint density at radius 2 is 2.53 bits per heavy atom. The summed E-state index contributed by atoms with van der Waals surface area (Å²) in [6, 6.07) is 0. The van der Waals surface area contributed by atoms with Crippen LogP contribution in [0.2, 0.25) is 0 Å². The van der Waals surface area contributed by atoms with Gasteiger partial charge in [0.25, 0.3) is 5.91 Å². The van der Waals surface area contributed by atoms with E-state index >= 15 is 0 Å². The summed E-state index contributed by atoms with van der Waals surface area (Å²) in [7, 11) is 0. The molecule has 0 saturated carbocycles. The van der Waals surface area contributed by atoms with Gasteiger partial charge in [-0.25, -0.2) is 4.98 Å². The molecule has 0 radical (unpaired) electrons. The second-order valence-electron chi connectivity index (χ2n) is 3.53. The summed E-state index contributed by atoms with van der Waals surface area (Å²) >= 11 is 0. The Bertz CT molecular complexity index is 323. The number of amides is 1. The molecule has 1 atom stereocenters. The van der Waals surface area contributed by atoms with Crippen molar-refractivity contribution in [1.82, 2.24) is 15.3 Å². The van der Waals surface area contributed by atoms with Crippen molar-refractivity contribution in [3.8, 4) is 0 Å². The Kier molecular flexibility index (Phi) is 3.24. The maximum atomic E-state index is 11.5. The average Bonchev–Trinajstić information content (AvgIpc) is 2.80. The summed E-state index contributed by atoms with van der Waals surface area (Å²) in [6.45, 7) is 2.18. The van der Waals surface area contributed by atoms with Gasteiger partial charge < -0.3 is 10.1 Å². The van der Waals surface area contributed by atoms with Crippen LogP contribution in [0.3, 0.4) is 0 Å². The summed E-state index contributed by atoms with van der Waals surface area (Å²) in [5, 5.41) is 2.82. The number of ether oxygens (including phenoxy) is 1. The highest BCUT2D eigenvalue weighted by molar-refractivity contribution is 5.91. The van der Waals surface area contributed by atoms with Gasteiger partial charge in [0.15, 0.2) is 0 Å². The minimum absolute atomic E-state index is 0.171. The molecule has 5 nitrogen and oxygen atoms in total. The number of nitrogens with zero attached hydrogens (tertiary/aromatic N) is 2. The SMILES string of the molecule is O=C(NC[C@@H]1CCOC1)c1cnccn1. The van der Waals surface area contributed by atoms with E-state index in [1.807, 2.05) is 0 Å². The second-order valence-corrected chi connectivity index (χ2v) is 3.53. The Morgan fingerprint density at radius 1 is 1.60 bits per heavy atom. The van der Waals surface area contributed by atoms with Crippen LogP contribution in [0.15, 0.2) is 18.6 Å². The van der Waals surface area contributed by atoms with Crippen LogP contribution in [-0.4, -0.2) is 35.6 Å². The largest absolute Gasteiger partial charge is 0.381 e. The van der Waals surface area contributed by atoms with Crippen molar-refractivity contribution in [3.63, 3.8) is 0 Å². The van der Waals surface area contributed by atoms with Crippen LogP contribution < -0.4 is 5.32 Å². The van der Waals surface area contributed by atoms with Gasteiger partial charge in [-0.1, -0.05) is 0 Å². The van der Waals surface area contributed by atoms with Crippen LogP contribution in [0, 0.1) is 5.92 Å². The van der Waals surface area contributed by atoms with Gasteiger partial charge in [0.2, 0.25) is 0 Å². The Labute approximate surface area is 87.9 Å². The maximum absolute atomic E-state index is 11.5. The smallest absolute Gasteiger partial charge is 0.271 e. The lowest BCUT2D eigenvalue weighted by molar-refractivity contribution is 0.0939. The summed E-state index contributed by atoms with van der Waals surface area (Å²) in [4.78, 5) is 19.3. The fourth-order valence-corrected chi connectivity index (χ4v) is 1.49. The van der Waals surface area contributed by atoms with Gasteiger partial charge >= 0.3 is 0 Å². The normalized spacial score (nSPS) is 20.1. The molecule has 1 aromatic rings. The van der Waals surface area contributed by atoms with Gasteiger partial charge in [-0.05, 0) is 6.42 Å². The van der Waals surface area contributed by atoms with Crippen LogP contribution in [0.4, 0.5) is 0 Å². The van der Waals surface area contributed by atoms with Crippen molar-refractivity contribution in [2.45, 2.75) is 6.42 Å². The molecule has 1 saturated heterocycles. The molecule has 0 unspecified atom stereocenters. The van der Waals surface area contributed by atoms with E-state index in [0.29, 0.717) is 18.2 Å². The number of carbonyl (C=O) groups is 1. The monoisotopic (exact) mass is 207 g/mol. The molecular weight excluding hydrogens is 194 g/mol. The standard InChI is InChI=1S/C10H13N3O2/c14-10(9-6-11-2-3-12-9)13-5-8-1-4-15-7-8/h2-3,6,8H,1,4-5,7H2,(H,13,14)/t8-/m0/s1. The zero-order chi connectivity index (χ0) is 10.5. The lowest BCUT2D eigenvalue weighted by Gasteiger charge is -2.08. The third-order valence-corrected chi connectivity index (χ3v) is 2.37.